The van der Waals surface area contributed by atoms with Gasteiger partial charge in [0.1, 0.15) is 17.7 Å². The number of ether oxygens (including phenoxy) is 1. The molecule has 1 N–H and O–H groups in total. The van der Waals surface area contributed by atoms with Crippen LogP contribution < -0.4 is 15.2 Å². The van der Waals surface area contributed by atoms with Crippen molar-refractivity contribution < 1.29 is 23.5 Å². The Kier molecular flexibility index (Phi) is 7.36. The zero-order chi connectivity index (χ0) is 24.1. The van der Waals surface area contributed by atoms with E-state index in [1.165, 1.54) is 17.9 Å². The summed E-state index contributed by atoms with van der Waals surface area (Å²) in [5, 5.41) is 1.58. The number of anilines is 2. The third-order valence-corrected chi connectivity index (χ3v) is 5.96. The number of halogens is 1. The van der Waals surface area contributed by atoms with Gasteiger partial charge in [0.15, 0.2) is 0 Å². The van der Waals surface area contributed by atoms with E-state index < -0.39 is 11.9 Å². The maximum Gasteiger partial charge on any atom is 0.414 e. The van der Waals surface area contributed by atoms with Crippen LogP contribution >= 0.6 is 0 Å². The second kappa shape index (κ2) is 10.6. The third kappa shape index (κ3) is 5.69. The van der Waals surface area contributed by atoms with Crippen LogP contribution in [0.1, 0.15) is 25.3 Å². The number of Topliss-reactive ketones (excluding diaryl/α,β-unsaturated/α-hetero) is 1. The number of ketones is 1. The van der Waals surface area contributed by atoms with E-state index >= 15 is 4.39 Å². The number of rotatable bonds is 7. The highest BCUT2D eigenvalue weighted by atomic mass is 19.1. The lowest BCUT2D eigenvalue weighted by Crippen LogP contribution is -2.44. The molecule has 4 rings (SSSR count). The van der Waals surface area contributed by atoms with Crippen LogP contribution in [-0.4, -0.2) is 66.6 Å². The number of nitrogens with zero attached hydrogens (tertiary/aromatic N) is 4. The molecule has 1 aromatic carbocycles. The summed E-state index contributed by atoms with van der Waals surface area (Å²) in [5.74, 6) is -0.473. The number of amides is 2. The number of nitrogens with one attached hydrogen (secondary N) is 1. The smallest absolute Gasteiger partial charge is 0.414 e. The molecule has 2 amide bonds. The average molecular weight is 470 g/mol. The van der Waals surface area contributed by atoms with Crippen LogP contribution in [0.5, 0.6) is 0 Å². The monoisotopic (exact) mass is 469 g/mol. The van der Waals surface area contributed by atoms with E-state index in [9.17, 15) is 14.4 Å². The fourth-order valence-electron chi connectivity index (χ4n) is 4.12. The van der Waals surface area contributed by atoms with E-state index in [1.807, 2.05) is 4.90 Å². The maximum atomic E-state index is 15.1. The van der Waals surface area contributed by atoms with Crippen molar-refractivity contribution in [1.82, 2.24) is 15.4 Å². The molecule has 2 aliphatic rings. The Hall–Kier alpha value is -3.53. The van der Waals surface area contributed by atoms with Crippen LogP contribution in [0.2, 0.25) is 0 Å². The molecule has 0 bridgehead atoms. The Balaban J connectivity index is 1.37. The van der Waals surface area contributed by atoms with Gasteiger partial charge in [0.05, 0.1) is 30.9 Å². The van der Waals surface area contributed by atoms with Gasteiger partial charge < -0.3 is 14.4 Å². The SMILES string of the molecule is CC(=O)CC[C@H]1CN(c2ccc(N3CCNN(C(=O)Cc4ccncc4)CC3)c(F)c2)C(=O)O1. The second-order valence-electron chi connectivity index (χ2n) is 8.47. The molecule has 3 heterocycles. The van der Waals surface area contributed by atoms with Crippen LogP contribution in [0.25, 0.3) is 0 Å². The molecule has 34 heavy (non-hydrogen) atoms. The number of aromatic nitrogens is 1. The first-order chi connectivity index (χ1) is 16.4. The Bertz CT molecular complexity index is 1050. The van der Waals surface area contributed by atoms with Gasteiger partial charge in [-0.2, -0.15) is 0 Å². The summed E-state index contributed by atoms with van der Waals surface area (Å²) < 4.78 is 20.4. The molecule has 9 nitrogen and oxygen atoms in total. The van der Waals surface area contributed by atoms with E-state index in [2.05, 4.69) is 10.4 Å². The fraction of sp³-hybridized carbons (Fsp3) is 0.417. The first-order valence-corrected chi connectivity index (χ1v) is 11.4. The number of hydrazine groups is 1. The van der Waals surface area contributed by atoms with Crippen LogP contribution in [0, 0.1) is 5.82 Å². The second-order valence-corrected chi connectivity index (χ2v) is 8.47. The number of carbonyl (C=O) groups excluding carboxylic acids is 3. The molecular formula is C24H28FN5O4. The molecule has 2 aliphatic heterocycles. The molecule has 1 aromatic heterocycles. The summed E-state index contributed by atoms with van der Waals surface area (Å²) in [6.07, 6.45) is 3.44. The number of pyridine rings is 1. The molecule has 2 aromatic rings. The molecule has 1 atom stereocenters. The lowest BCUT2D eigenvalue weighted by atomic mass is 10.1. The quantitative estimate of drug-likeness (QED) is 0.665. The van der Waals surface area contributed by atoms with E-state index in [-0.39, 0.29) is 30.8 Å². The van der Waals surface area contributed by atoms with Crippen LogP contribution in [0.15, 0.2) is 42.7 Å². The lowest BCUT2D eigenvalue weighted by Gasteiger charge is -2.24. The highest BCUT2D eigenvalue weighted by Crippen LogP contribution is 2.29. The van der Waals surface area contributed by atoms with Gasteiger partial charge in [0, 0.05) is 38.4 Å². The summed E-state index contributed by atoms with van der Waals surface area (Å²) in [6, 6.07) is 8.28. The summed E-state index contributed by atoms with van der Waals surface area (Å²) in [4.78, 5) is 43.3. The van der Waals surface area contributed by atoms with Crippen LogP contribution in [0.4, 0.5) is 20.6 Å². The number of carbonyl (C=O) groups is 3. The molecule has 2 fully saturated rings. The molecule has 2 saturated heterocycles. The van der Waals surface area contributed by atoms with Crippen molar-refractivity contribution >= 4 is 29.2 Å². The molecule has 0 unspecified atom stereocenters. The largest absolute Gasteiger partial charge is 0.444 e. The Morgan fingerprint density at radius 3 is 2.71 bits per heavy atom. The van der Waals surface area contributed by atoms with Gasteiger partial charge in [0.25, 0.3) is 0 Å². The molecule has 0 saturated carbocycles. The molecule has 0 aliphatic carbocycles. The van der Waals surface area contributed by atoms with E-state index in [4.69, 9.17) is 4.74 Å². The summed E-state index contributed by atoms with van der Waals surface area (Å²) >= 11 is 0. The van der Waals surface area contributed by atoms with Crippen LogP contribution in [0.3, 0.4) is 0 Å². The standard InChI is InChI=1S/C24H28FN5O4/c1-17(31)2-4-20-16-29(24(33)34-20)19-3-5-22(21(25)15-19)28-11-10-27-30(13-12-28)23(32)14-18-6-8-26-9-7-18/h3,5-9,15,20,27H,2,4,10-14,16H2,1H3/t20-/m0/s1. The average Bonchev–Trinajstić information content (AvgIpc) is 3.02. The van der Waals surface area contributed by atoms with Crippen molar-refractivity contribution in [2.45, 2.75) is 32.3 Å². The third-order valence-electron chi connectivity index (χ3n) is 5.96. The van der Waals surface area contributed by atoms with Crippen molar-refractivity contribution in [1.29, 1.82) is 0 Å². The van der Waals surface area contributed by atoms with Gasteiger partial charge in [0.2, 0.25) is 5.91 Å². The summed E-state index contributed by atoms with van der Waals surface area (Å²) in [5.41, 5.74) is 4.83. The number of benzene rings is 1. The topological polar surface area (TPSA) is 95.1 Å². The zero-order valence-electron chi connectivity index (χ0n) is 19.1. The maximum absolute atomic E-state index is 15.1. The minimum Gasteiger partial charge on any atom is -0.444 e. The first-order valence-electron chi connectivity index (χ1n) is 11.4. The van der Waals surface area contributed by atoms with Gasteiger partial charge in [-0.15, -0.1) is 0 Å². The minimum atomic E-state index is -0.539. The van der Waals surface area contributed by atoms with Crippen molar-refractivity contribution in [2.24, 2.45) is 0 Å². The normalized spacial score (nSPS) is 18.6. The highest BCUT2D eigenvalue weighted by molar-refractivity contribution is 5.90. The van der Waals surface area contributed by atoms with Gasteiger partial charge in [-0.1, -0.05) is 0 Å². The Morgan fingerprint density at radius 1 is 1.18 bits per heavy atom. The van der Waals surface area contributed by atoms with Gasteiger partial charge in [-0.3, -0.25) is 19.7 Å². The molecule has 180 valence electrons. The molecule has 10 heteroatoms. The number of cyclic esters (lactones) is 1. The van der Waals surface area contributed by atoms with Crippen molar-refractivity contribution in [3.63, 3.8) is 0 Å². The predicted octanol–water partition coefficient (Wildman–Crippen LogP) is 2.31. The lowest BCUT2D eigenvalue weighted by molar-refractivity contribution is -0.133. The first kappa shape index (κ1) is 23.6. The van der Waals surface area contributed by atoms with E-state index in [0.717, 1.165) is 5.56 Å². The van der Waals surface area contributed by atoms with Crippen molar-refractivity contribution in [3.8, 4) is 0 Å². The van der Waals surface area contributed by atoms with Gasteiger partial charge in [-0.25, -0.2) is 14.6 Å². The van der Waals surface area contributed by atoms with Crippen molar-refractivity contribution in [3.05, 3.63) is 54.1 Å². The summed E-state index contributed by atoms with van der Waals surface area (Å²) in [7, 11) is 0. The fourth-order valence-corrected chi connectivity index (χ4v) is 4.12. The zero-order valence-corrected chi connectivity index (χ0v) is 19.1. The van der Waals surface area contributed by atoms with Gasteiger partial charge >= 0.3 is 6.09 Å². The Morgan fingerprint density at radius 2 is 1.97 bits per heavy atom. The number of hydrogen-bond donors (Lipinski definition) is 1. The van der Waals surface area contributed by atoms with Crippen molar-refractivity contribution in [2.75, 3.05) is 42.5 Å². The Labute approximate surface area is 197 Å². The van der Waals surface area contributed by atoms with Crippen LogP contribution in [-0.2, 0) is 20.7 Å². The number of hydrogen-bond acceptors (Lipinski definition) is 7. The highest BCUT2D eigenvalue weighted by Gasteiger charge is 2.33. The minimum absolute atomic E-state index is 0.0365. The molecular weight excluding hydrogens is 441 g/mol. The van der Waals surface area contributed by atoms with Gasteiger partial charge in [-0.05, 0) is 49.2 Å². The van der Waals surface area contributed by atoms with E-state index in [0.29, 0.717) is 50.4 Å². The predicted molar refractivity (Wildman–Crippen MR) is 124 cm³/mol. The molecule has 0 spiro atoms. The summed E-state index contributed by atoms with van der Waals surface area (Å²) in [6.45, 7) is 3.66. The van der Waals surface area contributed by atoms with E-state index in [1.54, 1.807) is 41.7 Å². The molecule has 0 radical (unpaired) electrons.